The van der Waals surface area contributed by atoms with Crippen molar-refractivity contribution in [3.63, 3.8) is 0 Å². The Morgan fingerprint density at radius 1 is 1.24 bits per heavy atom. The molecule has 17 heavy (non-hydrogen) atoms. The van der Waals surface area contributed by atoms with Gasteiger partial charge in [-0.15, -0.1) is 0 Å². The fourth-order valence-electron chi connectivity index (χ4n) is 1.13. The normalized spacial score (nSPS) is 11.9. The average Bonchev–Trinajstić information content (AvgIpc) is 2.35. The third-order valence-electron chi connectivity index (χ3n) is 2.13. The monoisotopic (exact) mass is 240 g/mol. The van der Waals surface area contributed by atoms with Crippen LogP contribution in [0.5, 0.6) is 11.5 Å². The number of benzene rings is 1. The zero-order valence-electron chi connectivity index (χ0n) is 9.88. The SMILES string of the molecule is COc1ccc(OCCO[C@@H](C)C(=O)O)cc1. The van der Waals surface area contributed by atoms with Crippen LogP contribution in [0.25, 0.3) is 0 Å². The minimum absolute atomic E-state index is 0.236. The van der Waals surface area contributed by atoms with Crippen LogP contribution >= 0.6 is 0 Å². The van der Waals surface area contributed by atoms with Gasteiger partial charge in [0.15, 0.2) is 6.10 Å². The zero-order valence-corrected chi connectivity index (χ0v) is 9.88. The molecule has 0 radical (unpaired) electrons. The van der Waals surface area contributed by atoms with Crippen LogP contribution in [0, 0.1) is 0 Å². The van der Waals surface area contributed by atoms with Gasteiger partial charge in [0.1, 0.15) is 18.1 Å². The molecule has 1 atom stereocenters. The van der Waals surface area contributed by atoms with Crippen LogP contribution in [0.15, 0.2) is 24.3 Å². The van der Waals surface area contributed by atoms with Gasteiger partial charge in [0.25, 0.3) is 0 Å². The third kappa shape index (κ3) is 4.74. The maximum Gasteiger partial charge on any atom is 0.332 e. The molecule has 0 saturated carbocycles. The number of aliphatic carboxylic acids is 1. The quantitative estimate of drug-likeness (QED) is 0.733. The van der Waals surface area contributed by atoms with Crippen LogP contribution in [0.3, 0.4) is 0 Å². The first kappa shape index (κ1) is 13.3. The van der Waals surface area contributed by atoms with Crippen LogP contribution in [-0.4, -0.2) is 37.5 Å². The Balaban J connectivity index is 2.24. The van der Waals surface area contributed by atoms with Crippen molar-refractivity contribution in [2.24, 2.45) is 0 Å². The van der Waals surface area contributed by atoms with Gasteiger partial charge >= 0.3 is 5.97 Å². The Morgan fingerprint density at radius 3 is 2.35 bits per heavy atom. The summed E-state index contributed by atoms with van der Waals surface area (Å²) in [7, 11) is 1.59. The largest absolute Gasteiger partial charge is 0.497 e. The van der Waals surface area contributed by atoms with E-state index in [4.69, 9.17) is 19.3 Å². The third-order valence-corrected chi connectivity index (χ3v) is 2.13. The molecule has 0 saturated heterocycles. The second kappa shape index (κ2) is 6.75. The summed E-state index contributed by atoms with van der Waals surface area (Å²) in [5, 5.41) is 8.58. The molecule has 0 spiro atoms. The highest BCUT2D eigenvalue weighted by atomic mass is 16.5. The van der Waals surface area contributed by atoms with E-state index in [1.165, 1.54) is 6.92 Å². The molecule has 0 aliphatic rings. The summed E-state index contributed by atoms with van der Waals surface area (Å²) in [6, 6.07) is 7.13. The van der Waals surface area contributed by atoms with Crippen molar-refractivity contribution in [1.82, 2.24) is 0 Å². The Kier molecular flexibility index (Phi) is 5.29. The number of rotatable bonds is 7. The number of methoxy groups -OCH3 is 1. The lowest BCUT2D eigenvalue weighted by atomic mass is 10.3. The summed E-state index contributed by atoms with van der Waals surface area (Å²) in [5.74, 6) is 0.472. The van der Waals surface area contributed by atoms with Gasteiger partial charge in [0, 0.05) is 0 Å². The van der Waals surface area contributed by atoms with Crippen LogP contribution in [-0.2, 0) is 9.53 Å². The number of hydrogen-bond donors (Lipinski definition) is 1. The van der Waals surface area contributed by atoms with Crippen molar-refractivity contribution >= 4 is 5.97 Å². The molecule has 94 valence electrons. The average molecular weight is 240 g/mol. The number of carboxylic acids is 1. The first-order chi connectivity index (χ1) is 8.13. The Hall–Kier alpha value is -1.75. The molecule has 0 fully saturated rings. The fraction of sp³-hybridized carbons (Fsp3) is 0.417. The van der Waals surface area contributed by atoms with E-state index in [1.807, 2.05) is 0 Å². The highest BCUT2D eigenvalue weighted by Gasteiger charge is 2.10. The van der Waals surface area contributed by atoms with E-state index >= 15 is 0 Å². The van der Waals surface area contributed by atoms with E-state index in [0.717, 1.165) is 5.75 Å². The van der Waals surface area contributed by atoms with Crippen molar-refractivity contribution < 1.29 is 24.1 Å². The first-order valence-electron chi connectivity index (χ1n) is 5.24. The zero-order chi connectivity index (χ0) is 12.7. The molecule has 0 amide bonds. The predicted molar refractivity (Wildman–Crippen MR) is 61.5 cm³/mol. The number of carboxylic acid groups (broad SMARTS) is 1. The molecule has 1 N–H and O–H groups in total. The lowest BCUT2D eigenvalue weighted by Gasteiger charge is -2.10. The molecule has 0 aliphatic carbocycles. The van der Waals surface area contributed by atoms with E-state index in [1.54, 1.807) is 31.4 Å². The van der Waals surface area contributed by atoms with Gasteiger partial charge < -0.3 is 19.3 Å². The Morgan fingerprint density at radius 2 is 1.82 bits per heavy atom. The molecule has 5 heteroatoms. The second-order valence-electron chi connectivity index (χ2n) is 3.38. The smallest absolute Gasteiger partial charge is 0.332 e. The molecular formula is C12H16O5. The molecule has 0 aromatic heterocycles. The van der Waals surface area contributed by atoms with Gasteiger partial charge in [-0.25, -0.2) is 4.79 Å². The summed E-state index contributed by atoms with van der Waals surface area (Å²) < 4.78 is 15.4. The van der Waals surface area contributed by atoms with Crippen molar-refractivity contribution in [2.45, 2.75) is 13.0 Å². The van der Waals surface area contributed by atoms with Gasteiger partial charge in [-0.2, -0.15) is 0 Å². The summed E-state index contributed by atoms with van der Waals surface area (Å²) in [6.45, 7) is 2.03. The van der Waals surface area contributed by atoms with Crippen LogP contribution in [0.2, 0.25) is 0 Å². The van der Waals surface area contributed by atoms with Crippen molar-refractivity contribution in [2.75, 3.05) is 20.3 Å². The number of ether oxygens (including phenoxy) is 3. The summed E-state index contributed by atoms with van der Waals surface area (Å²) in [4.78, 5) is 10.5. The van der Waals surface area contributed by atoms with Gasteiger partial charge in [-0.3, -0.25) is 0 Å². The summed E-state index contributed by atoms with van der Waals surface area (Å²) in [5.41, 5.74) is 0. The van der Waals surface area contributed by atoms with Crippen molar-refractivity contribution in [1.29, 1.82) is 0 Å². The first-order valence-corrected chi connectivity index (χ1v) is 5.24. The van der Waals surface area contributed by atoms with E-state index in [2.05, 4.69) is 0 Å². The van der Waals surface area contributed by atoms with Gasteiger partial charge in [0.2, 0.25) is 0 Å². The lowest BCUT2D eigenvalue weighted by molar-refractivity contribution is -0.149. The molecule has 5 nitrogen and oxygen atoms in total. The molecule has 1 aromatic carbocycles. The van der Waals surface area contributed by atoms with Crippen molar-refractivity contribution in [3.05, 3.63) is 24.3 Å². The van der Waals surface area contributed by atoms with E-state index in [9.17, 15) is 4.79 Å². The summed E-state index contributed by atoms with van der Waals surface area (Å²) in [6.07, 6.45) is -0.811. The van der Waals surface area contributed by atoms with E-state index < -0.39 is 12.1 Å². The number of carbonyl (C=O) groups is 1. The van der Waals surface area contributed by atoms with Crippen LogP contribution in [0.1, 0.15) is 6.92 Å². The predicted octanol–water partition coefficient (Wildman–Crippen LogP) is 1.56. The number of hydrogen-bond acceptors (Lipinski definition) is 4. The molecule has 0 unspecified atom stereocenters. The molecule has 0 bridgehead atoms. The molecule has 1 rings (SSSR count). The second-order valence-corrected chi connectivity index (χ2v) is 3.38. The molecular weight excluding hydrogens is 224 g/mol. The minimum Gasteiger partial charge on any atom is -0.497 e. The highest BCUT2D eigenvalue weighted by Crippen LogP contribution is 2.16. The van der Waals surface area contributed by atoms with Crippen LogP contribution in [0.4, 0.5) is 0 Å². The van der Waals surface area contributed by atoms with Gasteiger partial charge in [0.05, 0.1) is 13.7 Å². The van der Waals surface area contributed by atoms with E-state index in [0.29, 0.717) is 12.4 Å². The maximum absolute atomic E-state index is 10.5. The van der Waals surface area contributed by atoms with E-state index in [-0.39, 0.29) is 6.61 Å². The minimum atomic E-state index is -0.977. The van der Waals surface area contributed by atoms with Gasteiger partial charge in [-0.05, 0) is 31.2 Å². The molecule has 0 heterocycles. The summed E-state index contributed by atoms with van der Waals surface area (Å²) >= 11 is 0. The lowest BCUT2D eigenvalue weighted by Crippen LogP contribution is -2.22. The fourth-order valence-corrected chi connectivity index (χ4v) is 1.13. The molecule has 1 aromatic rings. The maximum atomic E-state index is 10.5. The molecule has 0 aliphatic heterocycles. The Bertz CT molecular complexity index is 346. The van der Waals surface area contributed by atoms with Crippen LogP contribution < -0.4 is 9.47 Å². The van der Waals surface area contributed by atoms with Gasteiger partial charge in [-0.1, -0.05) is 0 Å². The standard InChI is InChI=1S/C12H16O5/c1-9(12(13)14)16-7-8-17-11-5-3-10(15-2)4-6-11/h3-6,9H,7-8H2,1-2H3,(H,13,14)/t9-/m0/s1. The topological polar surface area (TPSA) is 65.0 Å². The Labute approximate surface area is 99.9 Å². The van der Waals surface area contributed by atoms with Crippen molar-refractivity contribution in [3.8, 4) is 11.5 Å². The highest BCUT2D eigenvalue weighted by molar-refractivity contribution is 5.71.